The molecule has 0 saturated heterocycles. The van der Waals surface area contributed by atoms with E-state index >= 15 is 0 Å². The molecule has 0 heterocycles. The van der Waals surface area contributed by atoms with Crippen molar-refractivity contribution in [2.24, 2.45) is 23.7 Å². The molecule has 0 amide bonds. The summed E-state index contributed by atoms with van der Waals surface area (Å²) in [5, 5.41) is 17.8. The van der Waals surface area contributed by atoms with Crippen molar-refractivity contribution < 1.29 is 19.8 Å². The molecule has 1 saturated carbocycles. The van der Waals surface area contributed by atoms with Gasteiger partial charge in [0, 0.05) is 0 Å². The summed E-state index contributed by atoms with van der Waals surface area (Å²) >= 11 is 0. The second-order valence-electron chi connectivity index (χ2n) is 4.21. The van der Waals surface area contributed by atoms with Crippen LogP contribution in [0.1, 0.15) is 26.7 Å². The van der Waals surface area contributed by atoms with E-state index in [1.54, 1.807) is 6.92 Å². The van der Waals surface area contributed by atoms with Gasteiger partial charge in [-0.05, 0) is 24.7 Å². The van der Waals surface area contributed by atoms with Gasteiger partial charge >= 0.3 is 11.9 Å². The quantitative estimate of drug-likeness (QED) is 0.723. The van der Waals surface area contributed by atoms with Crippen molar-refractivity contribution in [2.45, 2.75) is 26.7 Å². The predicted molar refractivity (Wildman–Crippen MR) is 49.8 cm³/mol. The van der Waals surface area contributed by atoms with Gasteiger partial charge in [-0.3, -0.25) is 9.59 Å². The third-order valence-electron chi connectivity index (χ3n) is 3.35. The van der Waals surface area contributed by atoms with Crippen molar-refractivity contribution in [3.05, 3.63) is 0 Å². The molecule has 0 aromatic rings. The first-order valence-corrected chi connectivity index (χ1v) is 4.90. The molecule has 0 aromatic heterocycles. The Balaban J connectivity index is 2.79. The SMILES string of the molecule is C[C@H](C(=O)O)[C@H]1CC[C@H](C)[C@H]1C(=O)O. The van der Waals surface area contributed by atoms with Gasteiger partial charge in [0.1, 0.15) is 0 Å². The van der Waals surface area contributed by atoms with Crippen LogP contribution in [0.25, 0.3) is 0 Å². The molecule has 0 aromatic carbocycles. The Morgan fingerprint density at radius 3 is 2.29 bits per heavy atom. The largest absolute Gasteiger partial charge is 0.481 e. The molecule has 1 aliphatic carbocycles. The van der Waals surface area contributed by atoms with E-state index in [0.717, 1.165) is 6.42 Å². The third-order valence-corrected chi connectivity index (χ3v) is 3.35. The van der Waals surface area contributed by atoms with Crippen LogP contribution in [-0.2, 0) is 9.59 Å². The molecule has 4 atom stereocenters. The first-order chi connectivity index (χ1) is 6.45. The first kappa shape index (κ1) is 11.0. The van der Waals surface area contributed by atoms with Crippen LogP contribution in [0.2, 0.25) is 0 Å². The minimum Gasteiger partial charge on any atom is -0.481 e. The van der Waals surface area contributed by atoms with E-state index in [0.29, 0.717) is 6.42 Å². The number of hydrogen-bond acceptors (Lipinski definition) is 2. The summed E-state index contributed by atoms with van der Waals surface area (Å²) in [5.74, 6) is -2.90. The van der Waals surface area contributed by atoms with Crippen LogP contribution in [0.4, 0.5) is 0 Å². The number of hydrogen-bond donors (Lipinski definition) is 2. The lowest BCUT2D eigenvalue weighted by Gasteiger charge is -2.21. The van der Waals surface area contributed by atoms with E-state index in [2.05, 4.69) is 0 Å². The lowest BCUT2D eigenvalue weighted by molar-refractivity contribution is -0.148. The minimum absolute atomic E-state index is 0.0966. The van der Waals surface area contributed by atoms with Crippen molar-refractivity contribution >= 4 is 11.9 Å². The van der Waals surface area contributed by atoms with Crippen LogP contribution in [0.3, 0.4) is 0 Å². The van der Waals surface area contributed by atoms with Gasteiger partial charge in [0.2, 0.25) is 0 Å². The van der Waals surface area contributed by atoms with Gasteiger partial charge in [-0.25, -0.2) is 0 Å². The summed E-state index contributed by atoms with van der Waals surface area (Å²) in [5.41, 5.74) is 0. The zero-order chi connectivity index (χ0) is 10.9. The normalized spacial score (nSPS) is 34.0. The van der Waals surface area contributed by atoms with E-state index in [1.165, 1.54) is 0 Å². The molecule has 0 spiro atoms. The van der Waals surface area contributed by atoms with Crippen LogP contribution < -0.4 is 0 Å². The molecule has 2 N–H and O–H groups in total. The standard InChI is InChI=1S/C10H16O4/c1-5-3-4-7(6(2)9(11)12)8(5)10(13)14/h5-8H,3-4H2,1-2H3,(H,11,12)(H,13,14)/t5-,6-,7+,8+/m0/s1. The number of carbonyl (C=O) groups is 2. The van der Waals surface area contributed by atoms with E-state index < -0.39 is 23.8 Å². The predicted octanol–water partition coefficient (Wildman–Crippen LogP) is 1.45. The molecule has 80 valence electrons. The Hall–Kier alpha value is -1.06. The lowest BCUT2D eigenvalue weighted by Crippen LogP contribution is -2.30. The zero-order valence-corrected chi connectivity index (χ0v) is 8.43. The van der Waals surface area contributed by atoms with Gasteiger partial charge in [-0.2, -0.15) is 0 Å². The van der Waals surface area contributed by atoms with Crippen molar-refractivity contribution in [3.8, 4) is 0 Å². The van der Waals surface area contributed by atoms with Crippen LogP contribution in [-0.4, -0.2) is 22.2 Å². The molecule has 0 unspecified atom stereocenters. The number of carboxylic acids is 2. The molecule has 14 heavy (non-hydrogen) atoms. The molecule has 1 rings (SSSR count). The maximum Gasteiger partial charge on any atom is 0.307 e. The smallest absolute Gasteiger partial charge is 0.307 e. The van der Waals surface area contributed by atoms with Crippen LogP contribution in [0, 0.1) is 23.7 Å². The number of rotatable bonds is 3. The van der Waals surface area contributed by atoms with E-state index in [4.69, 9.17) is 10.2 Å². The van der Waals surface area contributed by atoms with Gasteiger partial charge in [-0.15, -0.1) is 0 Å². The Labute approximate surface area is 82.9 Å². The molecular formula is C10H16O4. The summed E-state index contributed by atoms with van der Waals surface area (Å²) < 4.78 is 0. The van der Waals surface area contributed by atoms with Gasteiger partial charge in [0.05, 0.1) is 11.8 Å². The van der Waals surface area contributed by atoms with Crippen LogP contribution in [0.15, 0.2) is 0 Å². The third kappa shape index (κ3) is 1.89. The fourth-order valence-corrected chi connectivity index (χ4v) is 2.41. The van der Waals surface area contributed by atoms with Gasteiger partial charge < -0.3 is 10.2 Å². The molecule has 1 aliphatic rings. The summed E-state index contributed by atoms with van der Waals surface area (Å²) in [6.07, 6.45) is 1.53. The Bertz CT molecular complexity index is 249. The number of carboxylic acid groups (broad SMARTS) is 2. The molecule has 1 fully saturated rings. The second kappa shape index (κ2) is 3.98. The van der Waals surface area contributed by atoms with Crippen molar-refractivity contribution in [3.63, 3.8) is 0 Å². The molecule has 0 aliphatic heterocycles. The second-order valence-corrected chi connectivity index (χ2v) is 4.21. The fourth-order valence-electron chi connectivity index (χ4n) is 2.41. The average Bonchev–Trinajstić information content (AvgIpc) is 2.45. The highest BCUT2D eigenvalue weighted by Gasteiger charge is 2.43. The van der Waals surface area contributed by atoms with E-state index in [1.807, 2.05) is 6.92 Å². The molecule has 0 radical (unpaired) electrons. The van der Waals surface area contributed by atoms with Gasteiger partial charge in [-0.1, -0.05) is 13.8 Å². The fraction of sp³-hybridized carbons (Fsp3) is 0.800. The average molecular weight is 200 g/mol. The highest BCUT2D eigenvalue weighted by molar-refractivity contribution is 5.75. The highest BCUT2D eigenvalue weighted by atomic mass is 16.4. The van der Waals surface area contributed by atoms with Crippen LogP contribution >= 0.6 is 0 Å². The summed E-state index contributed by atoms with van der Waals surface area (Å²) in [7, 11) is 0. The monoisotopic (exact) mass is 200 g/mol. The van der Waals surface area contributed by atoms with Gasteiger partial charge in [0.15, 0.2) is 0 Å². The topological polar surface area (TPSA) is 74.6 Å². The Morgan fingerprint density at radius 1 is 1.29 bits per heavy atom. The molecule has 0 bridgehead atoms. The summed E-state index contributed by atoms with van der Waals surface area (Å²) in [6, 6.07) is 0. The minimum atomic E-state index is -0.893. The zero-order valence-electron chi connectivity index (χ0n) is 8.43. The Morgan fingerprint density at radius 2 is 1.86 bits per heavy atom. The lowest BCUT2D eigenvalue weighted by atomic mass is 9.82. The summed E-state index contributed by atoms with van der Waals surface area (Å²) in [4.78, 5) is 21.7. The van der Waals surface area contributed by atoms with Gasteiger partial charge in [0.25, 0.3) is 0 Å². The van der Waals surface area contributed by atoms with E-state index in [-0.39, 0.29) is 11.8 Å². The van der Waals surface area contributed by atoms with Crippen molar-refractivity contribution in [1.29, 1.82) is 0 Å². The molecule has 4 nitrogen and oxygen atoms in total. The molecular weight excluding hydrogens is 184 g/mol. The van der Waals surface area contributed by atoms with Crippen LogP contribution in [0.5, 0.6) is 0 Å². The molecule has 4 heteroatoms. The van der Waals surface area contributed by atoms with Crippen molar-refractivity contribution in [1.82, 2.24) is 0 Å². The summed E-state index contributed by atoms with van der Waals surface area (Å²) in [6.45, 7) is 3.48. The van der Waals surface area contributed by atoms with Crippen molar-refractivity contribution in [2.75, 3.05) is 0 Å². The van der Waals surface area contributed by atoms with E-state index in [9.17, 15) is 9.59 Å². The first-order valence-electron chi connectivity index (χ1n) is 4.90. The Kier molecular flexibility index (Phi) is 3.13. The highest BCUT2D eigenvalue weighted by Crippen LogP contribution is 2.41. The maximum atomic E-state index is 11.0. The maximum absolute atomic E-state index is 11.0. The number of aliphatic carboxylic acids is 2.